The van der Waals surface area contributed by atoms with Gasteiger partial charge in [-0.3, -0.25) is 0 Å². The average molecular weight is 375 g/mol. The Hall–Kier alpha value is -2.85. The Morgan fingerprint density at radius 3 is 2.63 bits per heavy atom. The second-order valence-corrected chi connectivity index (χ2v) is 7.52. The van der Waals surface area contributed by atoms with Gasteiger partial charge in [0.25, 0.3) is 0 Å². The summed E-state index contributed by atoms with van der Waals surface area (Å²) in [4.78, 5) is 9.15. The molecular weight excluding hydrogens is 356 g/mol. The molecule has 1 aliphatic rings. The van der Waals surface area contributed by atoms with Crippen LogP contribution in [0.2, 0.25) is 5.02 Å². The summed E-state index contributed by atoms with van der Waals surface area (Å²) >= 11 is 6.22. The normalized spacial score (nSPS) is 13.9. The number of nitrogens with zero attached hydrogens (tertiary/aromatic N) is 3. The van der Waals surface area contributed by atoms with Crippen LogP contribution in [0, 0.1) is 6.92 Å². The van der Waals surface area contributed by atoms with Crippen molar-refractivity contribution in [1.82, 2.24) is 14.5 Å². The third kappa shape index (κ3) is 3.17. The van der Waals surface area contributed by atoms with Crippen LogP contribution >= 0.6 is 11.6 Å². The van der Waals surface area contributed by atoms with E-state index in [4.69, 9.17) is 16.6 Å². The molecule has 4 aromatic rings. The maximum Gasteiger partial charge on any atom is 0.229 e. The quantitative estimate of drug-likeness (QED) is 0.476. The highest BCUT2D eigenvalue weighted by atomic mass is 35.5. The summed E-state index contributed by atoms with van der Waals surface area (Å²) in [5, 5.41) is 4.98. The third-order valence-corrected chi connectivity index (χ3v) is 5.48. The Kier molecular flexibility index (Phi) is 3.87. The maximum absolute atomic E-state index is 6.22. The minimum atomic E-state index is 0.553. The van der Waals surface area contributed by atoms with Crippen molar-refractivity contribution in [3.05, 3.63) is 77.1 Å². The van der Waals surface area contributed by atoms with Gasteiger partial charge in [-0.05, 0) is 67.1 Å². The van der Waals surface area contributed by atoms with Crippen molar-refractivity contribution < 1.29 is 0 Å². The van der Waals surface area contributed by atoms with Crippen LogP contribution in [0.25, 0.3) is 16.7 Å². The minimum Gasteiger partial charge on any atom is -0.324 e. The number of halogens is 1. The average Bonchev–Trinajstić information content (AvgIpc) is 3.45. The lowest BCUT2D eigenvalue weighted by Crippen LogP contribution is -2.00. The van der Waals surface area contributed by atoms with Gasteiger partial charge >= 0.3 is 0 Å². The van der Waals surface area contributed by atoms with Gasteiger partial charge in [-0.25, -0.2) is 4.98 Å². The highest BCUT2D eigenvalue weighted by Crippen LogP contribution is 2.40. The van der Waals surface area contributed by atoms with Gasteiger partial charge in [0.15, 0.2) is 0 Å². The fourth-order valence-electron chi connectivity index (χ4n) is 3.31. The van der Waals surface area contributed by atoms with Gasteiger partial charge in [-0.1, -0.05) is 29.8 Å². The van der Waals surface area contributed by atoms with Crippen molar-refractivity contribution in [3.63, 3.8) is 0 Å². The first-order valence-corrected chi connectivity index (χ1v) is 9.53. The van der Waals surface area contributed by atoms with Gasteiger partial charge in [0.2, 0.25) is 5.95 Å². The van der Waals surface area contributed by atoms with E-state index < -0.39 is 0 Å². The molecule has 1 aliphatic carbocycles. The number of hydrogen-bond acceptors (Lipinski definition) is 3. The molecule has 5 heteroatoms. The first kappa shape index (κ1) is 16.3. The zero-order chi connectivity index (χ0) is 18.4. The molecule has 2 aromatic heterocycles. The molecule has 27 heavy (non-hydrogen) atoms. The molecular formula is C22H19ClN4. The number of fused-ring (bicyclic) bond motifs is 1. The molecule has 0 radical (unpaired) electrons. The van der Waals surface area contributed by atoms with Crippen LogP contribution in [0.15, 0.2) is 60.9 Å². The number of aryl methyl sites for hydroxylation is 1. The van der Waals surface area contributed by atoms with Crippen molar-refractivity contribution in [3.8, 4) is 5.69 Å². The zero-order valence-electron chi connectivity index (χ0n) is 15.0. The first-order chi connectivity index (χ1) is 13.2. The highest BCUT2D eigenvalue weighted by Gasteiger charge is 2.23. The van der Waals surface area contributed by atoms with Crippen molar-refractivity contribution in [2.24, 2.45) is 0 Å². The Bertz CT molecular complexity index is 1130. The summed E-state index contributed by atoms with van der Waals surface area (Å²) in [7, 11) is 0. The van der Waals surface area contributed by atoms with Crippen LogP contribution in [-0.2, 0) is 0 Å². The predicted octanol–water partition coefficient (Wildman–Crippen LogP) is 6.00. The summed E-state index contributed by atoms with van der Waals surface area (Å²) in [5.41, 5.74) is 5.34. The molecule has 1 fully saturated rings. The van der Waals surface area contributed by atoms with E-state index in [0.29, 0.717) is 5.95 Å². The minimum absolute atomic E-state index is 0.553. The van der Waals surface area contributed by atoms with Crippen LogP contribution < -0.4 is 5.32 Å². The fourth-order valence-corrected chi connectivity index (χ4v) is 3.49. The molecule has 0 spiro atoms. The van der Waals surface area contributed by atoms with Gasteiger partial charge in [0, 0.05) is 34.2 Å². The van der Waals surface area contributed by atoms with E-state index >= 15 is 0 Å². The second kappa shape index (κ2) is 6.39. The van der Waals surface area contributed by atoms with Gasteiger partial charge in [0.1, 0.15) is 5.65 Å². The predicted molar refractivity (Wildman–Crippen MR) is 110 cm³/mol. The molecule has 0 aliphatic heterocycles. The maximum atomic E-state index is 6.22. The molecule has 134 valence electrons. The lowest BCUT2D eigenvalue weighted by Gasteiger charge is -2.09. The highest BCUT2D eigenvalue weighted by molar-refractivity contribution is 6.31. The Morgan fingerprint density at radius 1 is 1.07 bits per heavy atom. The van der Waals surface area contributed by atoms with Crippen molar-refractivity contribution in [1.29, 1.82) is 0 Å². The van der Waals surface area contributed by atoms with E-state index in [2.05, 4.69) is 39.1 Å². The number of anilines is 2. The molecule has 0 saturated heterocycles. The van der Waals surface area contributed by atoms with Crippen molar-refractivity contribution in [2.75, 3.05) is 5.32 Å². The third-order valence-electron chi connectivity index (χ3n) is 5.08. The van der Waals surface area contributed by atoms with Gasteiger partial charge in [-0.2, -0.15) is 4.98 Å². The van der Waals surface area contributed by atoms with Crippen molar-refractivity contribution in [2.45, 2.75) is 25.7 Å². The summed E-state index contributed by atoms with van der Waals surface area (Å²) in [6, 6.07) is 16.7. The molecule has 1 N–H and O–H groups in total. The number of aromatic nitrogens is 3. The summed E-state index contributed by atoms with van der Waals surface area (Å²) < 4.78 is 2.10. The van der Waals surface area contributed by atoms with E-state index in [1.54, 1.807) is 0 Å². The van der Waals surface area contributed by atoms with Gasteiger partial charge < -0.3 is 9.88 Å². The lowest BCUT2D eigenvalue weighted by atomic mass is 10.1. The largest absolute Gasteiger partial charge is 0.324 e. The standard InChI is InChI=1S/C22H19ClN4/c1-14-2-7-18(12-20(14)23)25-22-24-13-17-10-11-27(21(17)26-22)19-8-5-16(6-9-19)15-3-4-15/h2,5-13,15H,3-4H2,1H3,(H,24,25,26). The molecule has 1 saturated carbocycles. The Balaban J connectivity index is 1.49. The molecule has 5 rings (SSSR count). The molecule has 0 bridgehead atoms. The van der Waals surface area contributed by atoms with Crippen LogP contribution in [0.4, 0.5) is 11.6 Å². The number of hydrogen-bond donors (Lipinski definition) is 1. The van der Waals surface area contributed by atoms with E-state index in [1.807, 2.05) is 43.6 Å². The van der Waals surface area contributed by atoms with Gasteiger partial charge in [-0.15, -0.1) is 0 Å². The second-order valence-electron chi connectivity index (χ2n) is 7.11. The Morgan fingerprint density at radius 2 is 1.89 bits per heavy atom. The van der Waals surface area contributed by atoms with E-state index in [-0.39, 0.29) is 0 Å². The van der Waals surface area contributed by atoms with Crippen LogP contribution in [0.1, 0.15) is 29.9 Å². The van der Waals surface area contributed by atoms with Crippen LogP contribution in [0.3, 0.4) is 0 Å². The molecule has 0 unspecified atom stereocenters. The van der Waals surface area contributed by atoms with Crippen LogP contribution in [-0.4, -0.2) is 14.5 Å². The SMILES string of the molecule is Cc1ccc(Nc2ncc3ccn(-c4ccc(C5CC5)cc4)c3n2)cc1Cl. The first-order valence-electron chi connectivity index (χ1n) is 9.15. The summed E-state index contributed by atoms with van der Waals surface area (Å²) in [6.45, 7) is 1.98. The molecule has 2 heterocycles. The van der Waals surface area contributed by atoms with E-state index in [0.717, 1.165) is 38.9 Å². The topological polar surface area (TPSA) is 42.7 Å². The molecule has 0 atom stereocenters. The zero-order valence-corrected chi connectivity index (χ0v) is 15.7. The van der Waals surface area contributed by atoms with E-state index in [1.165, 1.54) is 18.4 Å². The summed E-state index contributed by atoms with van der Waals surface area (Å²) in [5.74, 6) is 1.32. The fraction of sp³-hybridized carbons (Fsp3) is 0.182. The monoisotopic (exact) mass is 374 g/mol. The number of rotatable bonds is 4. The number of benzene rings is 2. The van der Waals surface area contributed by atoms with Gasteiger partial charge in [0.05, 0.1) is 0 Å². The molecule has 4 nitrogen and oxygen atoms in total. The summed E-state index contributed by atoms with van der Waals surface area (Å²) in [6.07, 6.45) is 6.52. The number of nitrogens with one attached hydrogen (secondary N) is 1. The van der Waals surface area contributed by atoms with E-state index in [9.17, 15) is 0 Å². The molecule has 0 amide bonds. The van der Waals surface area contributed by atoms with Crippen molar-refractivity contribution >= 4 is 34.3 Å². The Labute approximate surface area is 162 Å². The smallest absolute Gasteiger partial charge is 0.229 e. The lowest BCUT2D eigenvalue weighted by molar-refractivity contribution is 1.06. The molecule has 2 aromatic carbocycles. The van der Waals surface area contributed by atoms with Crippen LogP contribution in [0.5, 0.6) is 0 Å².